The molecule has 1 unspecified atom stereocenters. The Balaban J connectivity index is 2.72. The van der Waals surface area contributed by atoms with E-state index in [1.807, 2.05) is 6.92 Å². The van der Waals surface area contributed by atoms with Crippen LogP contribution in [0.15, 0.2) is 18.2 Å². The Kier molecular flexibility index (Phi) is 5.10. The number of ketones is 1. The second-order valence-corrected chi connectivity index (χ2v) is 4.03. The average molecular weight is 239 g/mol. The fraction of sp³-hybridized carbons (Fsp3) is 0.462. The molecular weight excluding hydrogens is 221 g/mol. The molecule has 0 aliphatic heterocycles. The zero-order valence-corrected chi connectivity index (χ0v) is 10.2. The molecule has 0 amide bonds. The summed E-state index contributed by atoms with van der Waals surface area (Å²) in [6.45, 7) is 2.01. The first-order valence-electron chi connectivity index (χ1n) is 5.70. The Labute approximate surface area is 101 Å². The lowest BCUT2D eigenvalue weighted by molar-refractivity contribution is 0.0972. The van der Waals surface area contributed by atoms with Gasteiger partial charge in [0, 0.05) is 18.0 Å². The molecule has 0 aromatic heterocycles. The van der Waals surface area contributed by atoms with Crippen LogP contribution in [0.1, 0.15) is 36.5 Å². The largest absolute Gasteiger partial charge is 0.494 e. The molecule has 0 fully saturated rings. The third-order valence-corrected chi connectivity index (χ3v) is 2.58. The number of benzene rings is 1. The minimum atomic E-state index is -0.526. The van der Waals surface area contributed by atoms with Crippen molar-refractivity contribution < 1.29 is 13.9 Å². The molecule has 1 atom stereocenters. The van der Waals surface area contributed by atoms with E-state index in [0.717, 1.165) is 12.8 Å². The van der Waals surface area contributed by atoms with Crippen LogP contribution < -0.4 is 10.5 Å². The van der Waals surface area contributed by atoms with Crippen LogP contribution in [0, 0.1) is 5.82 Å². The summed E-state index contributed by atoms with van der Waals surface area (Å²) < 4.78 is 18.2. The highest BCUT2D eigenvalue weighted by Crippen LogP contribution is 2.19. The lowest BCUT2D eigenvalue weighted by Crippen LogP contribution is -2.23. The van der Waals surface area contributed by atoms with Gasteiger partial charge in [0.1, 0.15) is 0 Å². The quantitative estimate of drug-likeness (QED) is 0.776. The van der Waals surface area contributed by atoms with Crippen LogP contribution >= 0.6 is 0 Å². The molecule has 0 saturated heterocycles. The van der Waals surface area contributed by atoms with Gasteiger partial charge in [-0.25, -0.2) is 4.39 Å². The maximum absolute atomic E-state index is 13.4. The van der Waals surface area contributed by atoms with E-state index in [1.165, 1.54) is 19.2 Å². The number of hydrogen-bond acceptors (Lipinski definition) is 3. The molecule has 0 aliphatic rings. The summed E-state index contributed by atoms with van der Waals surface area (Å²) >= 11 is 0. The summed E-state index contributed by atoms with van der Waals surface area (Å²) in [6.07, 6.45) is 1.98. The second-order valence-electron chi connectivity index (χ2n) is 4.03. The minimum Gasteiger partial charge on any atom is -0.494 e. The van der Waals surface area contributed by atoms with Gasteiger partial charge in [-0.15, -0.1) is 0 Å². The fourth-order valence-corrected chi connectivity index (χ4v) is 1.67. The van der Waals surface area contributed by atoms with Gasteiger partial charge in [-0.05, 0) is 24.6 Å². The molecule has 0 bridgehead atoms. The molecule has 3 nitrogen and oxygen atoms in total. The molecule has 0 aliphatic carbocycles. The van der Waals surface area contributed by atoms with E-state index in [4.69, 9.17) is 10.5 Å². The van der Waals surface area contributed by atoms with Gasteiger partial charge in [-0.2, -0.15) is 0 Å². The summed E-state index contributed by atoms with van der Waals surface area (Å²) in [6, 6.07) is 4.05. The molecular formula is C13H18FNO2. The van der Waals surface area contributed by atoms with Crippen LogP contribution in [0.5, 0.6) is 5.75 Å². The highest BCUT2D eigenvalue weighted by molar-refractivity contribution is 5.96. The topological polar surface area (TPSA) is 52.3 Å². The number of Topliss-reactive ketones (excluding diaryl/α,β-unsaturated/α-hetero) is 1. The number of halogens is 1. The van der Waals surface area contributed by atoms with Crippen molar-refractivity contribution in [2.45, 2.75) is 32.2 Å². The number of ether oxygens (including phenoxy) is 1. The lowest BCUT2D eigenvalue weighted by atomic mass is 10.0. The standard InChI is InChI=1S/C13H18FNO2/c1-3-4-10(15)8-12(16)9-5-6-13(17-2)11(14)7-9/h5-7,10H,3-4,8,15H2,1-2H3. The zero-order chi connectivity index (χ0) is 12.8. The van der Waals surface area contributed by atoms with E-state index in [-0.39, 0.29) is 24.0 Å². The number of methoxy groups -OCH3 is 1. The van der Waals surface area contributed by atoms with E-state index in [2.05, 4.69) is 0 Å². The smallest absolute Gasteiger partial charge is 0.165 e. The first-order chi connectivity index (χ1) is 8.08. The molecule has 0 heterocycles. The first-order valence-corrected chi connectivity index (χ1v) is 5.70. The van der Waals surface area contributed by atoms with E-state index in [1.54, 1.807) is 6.07 Å². The van der Waals surface area contributed by atoms with Gasteiger partial charge in [-0.3, -0.25) is 4.79 Å². The van der Waals surface area contributed by atoms with Gasteiger partial charge < -0.3 is 10.5 Å². The van der Waals surface area contributed by atoms with E-state index in [9.17, 15) is 9.18 Å². The zero-order valence-electron chi connectivity index (χ0n) is 10.2. The van der Waals surface area contributed by atoms with Crippen LogP contribution in [0.25, 0.3) is 0 Å². The molecule has 0 saturated carbocycles. The summed E-state index contributed by atoms with van der Waals surface area (Å²) in [5, 5.41) is 0. The molecule has 2 N–H and O–H groups in total. The van der Waals surface area contributed by atoms with Crippen molar-refractivity contribution in [3.63, 3.8) is 0 Å². The van der Waals surface area contributed by atoms with Gasteiger partial charge in [0.2, 0.25) is 0 Å². The predicted octanol–water partition coefficient (Wildman–Crippen LogP) is 2.53. The van der Waals surface area contributed by atoms with E-state index in [0.29, 0.717) is 5.56 Å². The number of hydrogen-bond donors (Lipinski definition) is 1. The van der Waals surface area contributed by atoms with E-state index < -0.39 is 5.82 Å². The van der Waals surface area contributed by atoms with E-state index >= 15 is 0 Å². The van der Waals surface area contributed by atoms with Gasteiger partial charge in [-0.1, -0.05) is 13.3 Å². The molecule has 4 heteroatoms. The number of rotatable bonds is 6. The predicted molar refractivity (Wildman–Crippen MR) is 64.8 cm³/mol. The highest BCUT2D eigenvalue weighted by atomic mass is 19.1. The Hall–Kier alpha value is -1.42. The summed E-state index contributed by atoms with van der Waals surface area (Å²) in [7, 11) is 1.39. The number of nitrogens with two attached hydrogens (primary N) is 1. The maximum Gasteiger partial charge on any atom is 0.165 e. The Morgan fingerprint density at radius 2 is 2.24 bits per heavy atom. The summed E-state index contributed by atoms with van der Waals surface area (Å²) in [5.74, 6) is -0.519. The van der Waals surface area contributed by atoms with Crippen LogP contribution in [0.2, 0.25) is 0 Å². The van der Waals surface area contributed by atoms with Crippen molar-refractivity contribution in [2.24, 2.45) is 5.73 Å². The molecule has 1 aromatic carbocycles. The maximum atomic E-state index is 13.4. The Morgan fingerprint density at radius 3 is 2.76 bits per heavy atom. The van der Waals surface area contributed by atoms with Crippen LogP contribution in [0.4, 0.5) is 4.39 Å². The van der Waals surface area contributed by atoms with Crippen LogP contribution in [-0.4, -0.2) is 18.9 Å². The van der Waals surface area contributed by atoms with Crippen molar-refractivity contribution in [3.05, 3.63) is 29.6 Å². The molecule has 0 spiro atoms. The number of carbonyl (C=O) groups is 1. The van der Waals surface area contributed by atoms with Crippen LogP contribution in [-0.2, 0) is 0 Å². The third kappa shape index (κ3) is 3.82. The molecule has 1 aromatic rings. The van der Waals surface area contributed by atoms with Gasteiger partial charge in [0.05, 0.1) is 7.11 Å². The molecule has 94 valence electrons. The average Bonchev–Trinajstić information content (AvgIpc) is 2.29. The van der Waals surface area contributed by atoms with Crippen molar-refractivity contribution >= 4 is 5.78 Å². The minimum absolute atomic E-state index is 0.132. The van der Waals surface area contributed by atoms with Crippen molar-refractivity contribution in [2.75, 3.05) is 7.11 Å². The van der Waals surface area contributed by atoms with Crippen molar-refractivity contribution in [1.29, 1.82) is 0 Å². The first kappa shape index (κ1) is 13.6. The molecule has 1 rings (SSSR count). The SMILES string of the molecule is CCCC(N)CC(=O)c1ccc(OC)c(F)c1. The molecule has 0 radical (unpaired) electrons. The summed E-state index contributed by atoms with van der Waals surface area (Å²) in [4.78, 5) is 11.8. The lowest BCUT2D eigenvalue weighted by Gasteiger charge is -2.09. The second kappa shape index (κ2) is 6.35. The normalized spacial score (nSPS) is 12.2. The van der Waals surface area contributed by atoms with Crippen molar-refractivity contribution in [1.82, 2.24) is 0 Å². The fourth-order valence-electron chi connectivity index (χ4n) is 1.67. The van der Waals surface area contributed by atoms with Gasteiger partial charge in [0.25, 0.3) is 0 Å². The Bertz CT molecular complexity index is 393. The summed E-state index contributed by atoms with van der Waals surface area (Å²) in [5.41, 5.74) is 6.12. The van der Waals surface area contributed by atoms with Gasteiger partial charge >= 0.3 is 0 Å². The van der Waals surface area contributed by atoms with Crippen LogP contribution in [0.3, 0.4) is 0 Å². The van der Waals surface area contributed by atoms with Crippen molar-refractivity contribution in [3.8, 4) is 5.75 Å². The van der Waals surface area contributed by atoms with Gasteiger partial charge in [0.15, 0.2) is 17.3 Å². The molecule has 17 heavy (non-hydrogen) atoms. The third-order valence-electron chi connectivity index (χ3n) is 2.58. The monoisotopic (exact) mass is 239 g/mol. The Morgan fingerprint density at radius 1 is 1.53 bits per heavy atom. The highest BCUT2D eigenvalue weighted by Gasteiger charge is 2.13. The number of carbonyl (C=O) groups excluding carboxylic acids is 1.